The van der Waals surface area contributed by atoms with Crippen LogP contribution in [0, 0.1) is 0 Å². The van der Waals surface area contributed by atoms with Crippen LogP contribution in [-0.2, 0) is 0 Å². The number of hydrogen-bond donors (Lipinski definition) is 1. The van der Waals surface area contributed by atoms with Crippen LogP contribution in [0.15, 0.2) is 52.2 Å². The molecule has 0 saturated carbocycles. The molecule has 0 atom stereocenters. The second-order valence-electron chi connectivity index (χ2n) is 4.96. The van der Waals surface area contributed by atoms with Crippen LogP contribution in [0.1, 0.15) is 29.0 Å². The van der Waals surface area contributed by atoms with Crippen molar-refractivity contribution in [1.29, 1.82) is 0 Å². The molecule has 0 spiro atoms. The average Bonchev–Trinajstić information content (AvgIpc) is 3.21. The third-order valence-corrected chi connectivity index (χ3v) is 3.50. The molecule has 5 heteroatoms. The van der Waals surface area contributed by atoms with Crippen LogP contribution in [0.25, 0.3) is 0 Å². The standard InChI is InChI=1S/C16H17N3O2/c20-16(18-17-12-15-4-3-11-21-15)13-5-7-14(8-6-13)19-9-1-2-10-19/h3-8,11-12H,1-2,9-10H2,(H,18,20)/b17-12-. The van der Waals surface area contributed by atoms with Gasteiger partial charge in [0.15, 0.2) is 0 Å². The summed E-state index contributed by atoms with van der Waals surface area (Å²) in [5.74, 6) is 0.366. The van der Waals surface area contributed by atoms with E-state index in [1.165, 1.54) is 24.7 Å². The lowest BCUT2D eigenvalue weighted by molar-refractivity contribution is 0.0955. The third kappa shape index (κ3) is 3.31. The van der Waals surface area contributed by atoms with Gasteiger partial charge in [0, 0.05) is 24.3 Å². The zero-order valence-corrected chi connectivity index (χ0v) is 11.7. The van der Waals surface area contributed by atoms with Crippen molar-refractivity contribution in [3.63, 3.8) is 0 Å². The van der Waals surface area contributed by atoms with Crippen LogP contribution < -0.4 is 10.3 Å². The summed E-state index contributed by atoms with van der Waals surface area (Å²) in [5, 5.41) is 3.86. The Morgan fingerprint density at radius 1 is 1.19 bits per heavy atom. The number of furan rings is 1. The molecule has 1 aromatic heterocycles. The maximum absolute atomic E-state index is 11.9. The second-order valence-corrected chi connectivity index (χ2v) is 4.96. The summed E-state index contributed by atoms with van der Waals surface area (Å²) in [7, 11) is 0. The molecule has 0 bridgehead atoms. The summed E-state index contributed by atoms with van der Waals surface area (Å²) >= 11 is 0. The Hall–Kier alpha value is -2.56. The maximum atomic E-state index is 11.9. The lowest BCUT2D eigenvalue weighted by atomic mass is 10.2. The van der Waals surface area contributed by atoms with Crippen LogP contribution in [0.5, 0.6) is 0 Å². The van der Waals surface area contributed by atoms with Gasteiger partial charge in [-0.1, -0.05) is 0 Å². The molecule has 1 saturated heterocycles. The molecule has 0 unspecified atom stereocenters. The summed E-state index contributed by atoms with van der Waals surface area (Å²) in [5.41, 5.74) is 4.24. The number of nitrogens with zero attached hydrogens (tertiary/aromatic N) is 2. The van der Waals surface area contributed by atoms with Gasteiger partial charge in [0.1, 0.15) is 5.76 Å². The van der Waals surface area contributed by atoms with Gasteiger partial charge in [0.2, 0.25) is 0 Å². The first-order valence-corrected chi connectivity index (χ1v) is 7.05. The molecule has 5 nitrogen and oxygen atoms in total. The highest BCUT2D eigenvalue weighted by Gasteiger charge is 2.12. The third-order valence-electron chi connectivity index (χ3n) is 3.50. The van der Waals surface area contributed by atoms with Crippen molar-refractivity contribution in [2.75, 3.05) is 18.0 Å². The Labute approximate surface area is 123 Å². The minimum atomic E-state index is -0.231. The van der Waals surface area contributed by atoms with Gasteiger partial charge >= 0.3 is 0 Å². The quantitative estimate of drug-likeness (QED) is 0.693. The van der Waals surface area contributed by atoms with E-state index in [1.807, 2.05) is 24.3 Å². The number of hydrazone groups is 1. The SMILES string of the molecule is O=C(N/N=C\c1ccco1)c1ccc(N2CCCC2)cc1. The van der Waals surface area contributed by atoms with E-state index in [0.29, 0.717) is 11.3 Å². The molecule has 2 aromatic rings. The van der Waals surface area contributed by atoms with Gasteiger partial charge < -0.3 is 9.32 Å². The fourth-order valence-electron chi connectivity index (χ4n) is 2.38. The second kappa shape index (κ2) is 6.26. The lowest BCUT2D eigenvalue weighted by Gasteiger charge is -2.17. The number of hydrogen-bond acceptors (Lipinski definition) is 4. The van der Waals surface area contributed by atoms with Gasteiger partial charge in [0.25, 0.3) is 5.91 Å². The predicted molar refractivity (Wildman–Crippen MR) is 81.7 cm³/mol. The molecule has 21 heavy (non-hydrogen) atoms. The highest BCUT2D eigenvalue weighted by Crippen LogP contribution is 2.20. The Kier molecular flexibility index (Phi) is 4.00. The van der Waals surface area contributed by atoms with Gasteiger partial charge in [0.05, 0.1) is 12.5 Å². The molecule has 1 aliphatic rings. The summed E-state index contributed by atoms with van der Waals surface area (Å²) < 4.78 is 5.09. The first-order chi connectivity index (χ1) is 10.3. The van der Waals surface area contributed by atoms with Crippen LogP contribution >= 0.6 is 0 Å². The molecule has 1 N–H and O–H groups in total. The number of anilines is 1. The number of nitrogens with one attached hydrogen (secondary N) is 1. The maximum Gasteiger partial charge on any atom is 0.271 e. The van der Waals surface area contributed by atoms with E-state index >= 15 is 0 Å². The zero-order chi connectivity index (χ0) is 14.5. The lowest BCUT2D eigenvalue weighted by Crippen LogP contribution is -2.19. The largest absolute Gasteiger partial charge is 0.463 e. The van der Waals surface area contributed by atoms with Gasteiger partial charge in [-0.15, -0.1) is 0 Å². The van der Waals surface area contributed by atoms with Crippen molar-refractivity contribution in [3.05, 3.63) is 54.0 Å². The first kappa shape index (κ1) is 13.4. The van der Waals surface area contributed by atoms with Crippen molar-refractivity contribution in [2.45, 2.75) is 12.8 Å². The van der Waals surface area contributed by atoms with E-state index < -0.39 is 0 Å². The van der Waals surface area contributed by atoms with Crippen LogP contribution in [0.3, 0.4) is 0 Å². The Bertz CT molecular complexity index is 611. The number of carbonyl (C=O) groups is 1. The smallest absolute Gasteiger partial charge is 0.271 e. The van der Waals surface area contributed by atoms with E-state index in [0.717, 1.165) is 13.1 Å². The molecule has 3 rings (SSSR count). The van der Waals surface area contributed by atoms with Crippen LogP contribution in [0.2, 0.25) is 0 Å². The topological polar surface area (TPSA) is 57.8 Å². The van der Waals surface area contributed by atoms with Crippen LogP contribution in [0.4, 0.5) is 5.69 Å². The molecule has 2 heterocycles. The Balaban J connectivity index is 1.59. The monoisotopic (exact) mass is 283 g/mol. The highest BCUT2D eigenvalue weighted by molar-refractivity contribution is 5.95. The van der Waals surface area contributed by atoms with E-state index in [4.69, 9.17) is 4.42 Å². The van der Waals surface area contributed by atoms with Crippen molar-refractivity contribution in [3.8, 4) is 0 Å². The molecular weight excluding hydrogens is 266 g/mol. The van der Waals surface area contributed by atoms with Gasteiger partial charge in [-0.2, -0.15) is 5.10 Å². The molecule has 0 aliphatic carbocycles. The fourth-order valence-corrected chi connectivity index (χ4v) is 2.38. The molecule has 0 radical (unpaired) electrons. The van der Waals surface area contributed by atoms with Gasteiger partial charge in [-0.25, -0.2) is 5.43 Å². The zero-order valence-electron chi connectivity index (χ0n) is 11.7. The van der Waals surface area contributed by atoms with Crippen molar-refractivity contribution < 1.29 is 9.21 Å². The summed E-state index contributed by atoms with van der Waals surface area (Å²) in [6, 6.07) is 11.1. The summed E-state index contributed by atoms with van der Waals surface area (Å²) in [6.45, 7) is 2.19. The molecular formula is C16H17N3O2. The van der Waals surface area contributed by atoms with Gasteiger partial charge in [-0.3, -0.25) is 4.79 Å². The van der Waals surface area contributed by atoms with Crippen molar-refractivity contribution >= 4 is 17.8 Å². The predicted octanol–water partition coefficient (Wildman–Crippen LogP) is 2.64. The summed E-state index contributed by atoms with van der Waals surface area (Å²) in [4.78, 5) is 14.3. The van der Waals surface area contributed by atoms with Crippen LogP contribution in [-0.4, -0.2) is 25.2 Å². The minimum absolute atomic E-state index is 0.231. The van der Waals surface area contributed by atoms with Crippen molar-refractivity contribution in [2.24, 2.45) is 5.10 Å². The Morgan fingerprint density at radius 2 is 1.95 bits per heavy atom. The van der Waals surface area contributed by atoms with E-state index in [9.17, 15) is 4.79 Å². The number of benzene rings is 1. The van der Waals surface area contributed by atoms with Gasteiger partial charge in [-0.05, 0) is 49.2 Å². The molecule has 1 aromatic carbocycles. The van der Waals surface area contributed by atoms with Crippen molar-refractivity contribution in [1.82, 2.24) is 5.43 Å². The van der Waals surface area contributed by atoms with E-state index in [2.05, 4.69) is 15.4 Å². The normalized spacial score (nSPS) is 14.8. The fraction of sp³-hybridized carbons (Fsp3) is 0.250. The average molecular weight is 283 g/mol. The minimum Gasteiger partial charge on any atom is -0.463 e. The molecule has 1 fully saturated rings. The Morgan fingerprint density at radius 3 is 2.62 bits per heavy atom. The van der Waals surface area contributed by atoms with E-state index in [1.54, 1.807) is 18.4 Å². The number of rotatable bonds is 4. The summed E-state index contributed by atoms with van der Waals surface area (Å²) in [6.07, 6.45) is 5.50. The first-order valence-electron chi connectivity index (χ1n) is 7.05. The van der Waals surface area contributed by atoms with E-state index in [-0.39, 0.29) is 5.91 Å². The number of amides is 1. The molecule has 1 amide bonds. The molecule has 1 aliphatic heterocycles. The number of carbonyl (C=O) groups excluding carboxylic acids is 1. The highest BCUT2D eigenvalue weighted by atomic mass is 16.3. The molecule has 108 valence electrons.